The Kier molecular flexibility index (Phi) is 6.21. The van der Waals surface area contributed by atoms with E-state index in [1.54, 1.807) is 11.8 Å². The number of rotatable bonds is 5. The molecule has 0 radical (unpaired) electrons. The molecule has 0 aromatic carbocycles. The predicted octanol–water partition coefficient (Wildman–Crippen LogP) is 0.501. The number of carbonyl (C=O) groups excluding carboxylic acids is 1. The average Bonchev–Trinajstić information content (AvgIpc) is 2.28. The second-order valence-corrected chi connectivity index (χ2v) is 4.81. The van der Waals surface area contributed by atoms with E-state index in [1.807, 2.05) is 6.07 Å². The average molecular weight is 227 g/mol. The minimum atomic E-state index is 0.0498. The maximum absolute atomic E-state index is 11.3. The van der Waals surface area contributed by atoms with E-state index in [1.165, 1.54) is 0 Å². The lowest BCUT2D eigenvalue weighted by Crippen LogP contribution is -2.31. The number of nitrogens with one attached hydrogen (secondary N) is 2. The molecule has 1 fully saturated rings. The molecule has 0 saturated carbocycles. The minimum absolute atomic E-state index is 0.0498. The lowest BCUT2D eigenvalue weighted by atomic mass is 10.2. The standard InChI is InChI=1S/C10H17N3OS/c11-4-1-5-13-10(14)8-15-9-2-6-12-7-3-9/h9,12H,1-3,5-8H2,(H,13,14). The molecule has 1 saturated heterocycles. The monoisotopic (exact) mass is 227 g/mol. The van der Waals surface area contributed by atoms with Crippen LogP contribution in [0.3, 0.4) is 0 Å². The largest absolute Gasteiger partial charge is 0.354 e. The van der Waals surface area contributed by atoms with Crippen LogP contribution in [0.25, 0.3) is 0 Å². The Morgan fingerprint density at radius 2 is 2.27 bits per heavy atom. The van der Waals surface area contributed by atoms with Crippen LogP contribution in [0.15, 0.2) is 0 Å². The van der Waals surface area contributed by atoms with E-state index < -0.39 is 0 Å². The molecule has 2 N–H and O–H groups in total. The molecule has 1 aliphatic rings. The topological polar surface area (TPSA) is 64.9 Å². The Labute approximate surface area is 94.8 Å². The van der Waals surface area contributed by atoms with Gasteiger partial charge in [-0.3, -0.25) is 4.79 Å². The van der Waals surface area contributed by atoms with Crippen molar-refractivity contribution in [3.63, 3.8) is 0 Å². The zero-order valence-corrected chi connectivity index (χ0v) is 9.61. The molecule has 0 aliphatic carbocycles. The van der Waals surface area contributed by atoms with Gasteiger partial charge in [0.2, 0.25) is 5.91 Å². The number of nitrogens with zero attached hydrogens (tertiary/aromatic N) is 1. The van der Waals surface area contributed by atoms with E-state index in [2.05, 4.69) is 10.6 Å². The lowest BCUT2D eigenvalue weighted by molar-refractivity contribution is -0.118. The molecular weight excluding hydrogens is 210 g/mol. The Hall–Kier alpha value is -0.730. The Morgan fingerprint density at radius 1 is 1.53 bits per heavy atom. The van der Waals surface area contributed by atoms with Crippen molar-refractivity contribution in [2.45, 2.75) is 24.5 Å². The number of thioether (sulfide) groups is 1. The first-order chi connectivity index (χ1) is 7.33. The van der Waals surface area contributed by atoms with Crippen molar-refractivity contribution >= 4 is 17.7 Å². The number of hydrogen-bond acceptors (Lipinski definition) is 4. The van der Waals surface area contributed by atoms with Gasteiger partial charge >= 0.3 is 0 Å². The molecular formula is C10H17N3OS. The van der Waals surface area contributed by atoms with Crippen LogP contribution in [0.1, 0.15) is 19.3 Å². The first-order valence-corrected chi connectivity index (χ1v) is 6.34. The third-order valence-electron chi connectivity index (χ3n) is 2.30. The number of amides is 1. The second kappa shape index (κ2) is 7.55. The molecule has 84 valence electrons. The number of nitriles is 1. The van der Waals surface area contributed by atoms with Gasteiger partial charge in [0.05, 0.1) is 18.2 Å². The van der Waals surface area contributed by atoms with Crippen molar-refractivity contribution in [3.05, 3.63) is 0 Å². The van der Waals surface area contributed by atoms with Crippen LogP contribution in [0.2, 0.25) is 0 Å². The van der Waals surface area contributed by atoms with Crippen molar-refractivity contribution in [2.75, 3.05) is 25.4 Å². The summed E-state index contributed by atoms with van der Waals surface area (Å²) in [4.78, 5) is 11.3. The van der Waals surface area contributed by atoms with E-state index in [0.717, 1.165) is 25.9 Å². The number of hydrogen-bond donors (Lipinski definition) is 2. The summed E-state index contributed by atoms with van der Waals surface area (Å²) in [5, 5.41) is 14.9. The van der Waals surface area contributed by atoms with Crippen molar-refractivity contribution in [2.24, 2.45) is 0 Å². The smallest absolute Gasteiger partial charge is 0.230 e. The van der Waals surface area contributed by atoms with Crippen LogP contribution in [0.4, 0.5) is 0 Å². The van der Waals surface area contributed by atoms with Crippen molar-refractivity contribution in [3.8, 4) is 6.07 Å². The van der Waals surface area contributed by atoms with E-state index >= 15 is 0 Å². The van der Waals surface area contributed by atoms with E-state index in [4.69, 9.17) is 5.26 Å². The van der Waals surface area contributed by atoms with Gasteiger partial charge in [0, 0.05) is 11.8 Å². The molecule has 0 unspecified atom stereocenters. The molecule has 4 nitrogen and oxygen atoms in total. The first kappa shape index (κ1) is 12.3. The van der Waals surface area contributed by atoms with Crippen molar-refractivity contribution < 1.29 is 4.79 Å². The maximum Gasteiger partial charge on any atom is 0.230 e. The van der Waals surface area contributed by atoms with Gasteiger partial charge in [-0.05, 0) is 25.9 Å². The molecule has 0 atom stereocenters. The Morgan fingerprint density at radius 3 is 2.93 bits per heavy atom. The summed E-state index contributed by atoms with van der Waals surface area (Å²) >= 11 is 1.73. The van der Waals surface area contributed by atoms with Gasteiger partial charge in [0.1, 0.15) is 0 Å². The highest BCUT2D eigenvalue weighted by molar-refractivity contribution is 8.00. The molecule has 1 amide bonds. The fourth-order valence-electron chi connectivity index (χ4n) is 1.46. The zero-order valence-electron chi connectivity index (χ0n) is 8.79. The van der Waals surface area contributed by atoms with Crippen molar-refractivity contribution in [1.29, 1.82) is 5.26 Å². The van der Waals surface area contributed by atoms with Crippen LogP contribution in [0.5, 0.6) is 0 Å². The fraction of sp³-hybridized carbons (Fsp3) is 0.800. The molecule has 0 aromatic heterocycles. The van der Waals surface area contributed by atoms with E-state index in [9.17, 15) is 4.79 Å². The minimum Gasteiger partial charge on any atom is -0.354 e. The van der Waals surface area contributed by atoms with Gasteiger partial charge < -0.3 is 10.6 Å². The number of piperidine rings is 1. The summed E-state index contributed by atoms with van der Waals surface area (Å²) in [6, 6.07) is 2.00. The van der Waals surface area contributed by atoms with Gasteiger partial charge in [-0.25, -0.2) is 0 Å². The first-order valence-electron chi connectivity index (χ1n) is 5.29. The van der Waals surface area contributed by atoms with Crippen LogP contribution < -0.4 is 10.6 Å². The highest BCUT2D eigenvalue weighted by Gasteiger charge is 2.14. The summed E-state index contributed by atoms with van der Waals surface area (Å²) in [6.07, 6.45) is 2.69. The molecule has 5 heteroatoms. The third-order valence-corrected chi connectivity index (χ3v) is 3.67. The Balaban J connectivity index is 2.03. The van der Waals surface area contributed by atoms with Gasteiger partial charge in [-0.1, -0.05) is 0 Å². The van der Waals surface area contributed by atoms with Gasteiger partial charge in [-0.15, -0.1) is 11.8 Å². The van der Waals surface area contributed by atoms with Gasteiger partial charge in [0.25, 0.3) is 0 Å². The molecule has 1 heterocycles. The SMILES string of the molecule is N#CCCNC(=O)CSC1CCNCC1. The van der Waals surface area contributed by atoms with E-state index in [0.29, 0.717) is 24.0 Å². The third kappa shape index (κ3) is 5.65. The predicted molar refractivity (Wildman–Crippen MR) is 61.6 cm³/mol. The van der Waals surface area contributed by atoms with Gasteiger partial charge in [-0.2, -0.15) is 5.26 Å². The molecule has 1 aliphatic heterocycles. The highest BCUT2D eigenvalue weighted by atomic mass is 32.2. The summed E-state index contributed by atoms with van der Waals surface area (Å²) < 4.78 is 0. The van der Waals surface area contributed by atoms with Crippen LogP contribution in [0, 0.1) is 11.3 Å². The molecule has 0 spiro atoms. The summed E-state index contributed by atoms with van der Waals surface area (Å²) in [5.74, 6) is 0.574. The maximum atomic E-state index is 11.3. The van der Waals surface area contributed by atoms with Crippen LogP contribution >= 0.6 is 11.8 Å². The quantitative estimate of drug-likeness (QED) is 0.671. The van der Waals surface area contributed by atoms with Gasteiger partial charge in [0.15, 0.2) is 0 Å². The summed E-state index contributed by atoms with van der Waals surface area (Å²) in [7, 11) is 0. The highest BCUT2D eigenvalue weighted by Crippen LogP contribution is 2.19. The van der Waals surface area contributed by atoms with E-state index in [-0.39, 0.29) is 5.91 Å². The molecule has 0 bridgehead atoms. The molecule has 0 aromatic rings. The molecule has 1 rings (SSSR count). The Bertz CT molecular complexity index is 233. The van der Waals surface area contributed by atoms with Crippen molar-refractivity contribution in [1.82, 2.24) is 10.6 Å². The second-order valence-electron chi connectivity index (χ2n) is 3.52. The summed E-state index contributed by atoms with van der Waals surface area (Å²) in [5.41, 5.74) is 0. The number of carbonyl (C=O) groups is 1. The summed E-state index contributed by atoms with van der Waals surface area (Å²) in [6.45, 7) is 2.60. The fourth-order valence-corrected chi connectivity index (χ4v) is 2.52. The zero-order chi connectivity index (χ0) is 10.9. The van der Waals surface area contributed by atoms with Crippen LogP contribution in [-0.4, -0.2) is 36.5 Å². The normalized spacial score (nSPS) is 17.0. The molecule has 15 heavy (non-hydrogen) atoms. The van der Waals surface area contributed by atoms with Crippen LogP contribution in [-0.2, 0) is 4.79 Å². The lowest BCUT2D eigenvalue weighted by Gasteiger charge is -2.21.